The van der Waals surface area contributed by atoms with Crippen molar-refractivity contribution in [2.45, 2.75) is 26.2 Å². The molecule has 0 aromatic carbocycles. The topological polar surface area (TPSA) is 9.23 Å². The van der Waals surface area contributed by atoms with Crippen LogP contribution in [-0.4, -0.2) is 13.2 Å². The third-order valence-corrected chi connectivity index (χ3v) is 1.78. The molecule has 0 fully saturated rings. The monoisotopic (exact) mass is 152 g/mol. The van der Waals surface area contributed by atoms with E-state index in [1.807, 2.05) is 0 Å². The lowest BCUT2D eigenvalue weighted by Gasteiger charge is -2.02. The summed E-state index contributed by atoms with van der Waals surface area (Å²) < 4.78 is 5.45. The highest BCUT2D eigenvalue weighted by Crippen LogP contribution is 2.10. The van der Waals surface area contributed by atoms with E-state index in [2.05, 4.69) is 25.2 Å². The minimum atomic E-state index is 0.826. The molecule has 1 heteroatoms. The molecular weight excluding hydrogens is 136 g/mol. The molecule has 0 saturated heterocycles. The molecule has 11 heavy (non-hydrogen) atoms. The lowest BCUT2D eigenvalue weighted by atomic mass is 10.2. The molecule has 0 N–H and O–H groups in total. The first-order valence-electron chi connectivity index (χ1n) is 4.36. The van der Waals surface area contributed by atoms with Crippen molar-refractivity contribution in [2.75, 3.05) is 13.2 Å². The number of ether oxygens (including phenoxy) is 1. The van der Waals surface area contributed by atoms with Gasteiger partial charge in [-0.15, -0.1) is 0 Å². The molecule has 0 spiro atoms. The molecule has 1 nitrogen and oxygen atoms in total. The van der Waals surface area contributed by atoms with E-state index >= 15 is 0 Å². The Hall–Kier alpha value is -0.560. The van der Waals surface area contributed by atoms with E-state index in [0.29, 0.717) is 0 Å². The molecular formula is C10H16O. The highest BCUT2D eigenvalue weighted by atomic mass is 16.5. The maximum absolute atomic E-state index is 5.45. The second-order valence-electron chi connectivity index (χ2n) is 2.86. The van der Waals surface area contributed by atoms with Crippen molar-refractivity contribution in [2.24, 2.45) is 0 Å². The van der Waals surface area contributed by atoms with Crippen LogP contribution in [0.5, 0.6) is 0 Å². The molecule has 0 aromatic heterocycles. The second-order valence-corrected chi connectivity index (χ2v) is 2.86. The Bertz CT molecular complexity index is 156. The first kappa shape index (κ1) is 8.54. The Kier molecular flexibility index (Phi) is 3.99. The molecule has 1 aliphatic rings. The number of allylic oxidation sites excluding steroid dienone is 3. The first-order valence-corrected chi connectivity index (χ1v) is 4.36. The van der Waals surface area contributed by atoms with Crippen molar-refractivity contribution in [3.05, 3.63) is 23.8 Å². The fourth-order valence-corrected chi connectivity index (χ4v) is 1.05. The normalized spacial score (nSPS) is 15.5. The van der Waals surface area contributed by atoms with Gasteiger partial charge in [0.05, 0.1) is 6.61 Å². The lowest BCUT2D eigenvalue weighted by Crippen LogP contribution is -1.98. The molecule has 0 aromatic rings. The lowest BCUT2D eigenvalue weighted by molar-refractivity contribution is 0.152. The van der Waals surface area contributed by atoms with Gasteiger partial charge in [0, 0.05) is 6.61 Å². The Balaban J connectivity index is 1.95. The average molecular weight is 152 g/mol. The van der Waals surface area contributed by atoms with Gasteiger partial charge in [-0.3, -0.25) is 0 Å². The number of hydrogen-bond donors (Lipinski definition) is 0. The van der Waals surface area contributed by atoms with Gasteiger partial charge in [0.2, 0.25) is 0 Å². The molecule has 0 saturated carbocycles. The number of rotatable bonds is 5. The fraction of sp³-hybridized carbons (Fsp3) is 0.600. The van der Waals surface area contributed by atoms with Gasteiger partial charge in [-0.25, -0.2) is 0 Å². The summed E-state index contributed by atoms with van der Waals surface area (Å²) in [6, 6.07) is 0. The van der Waals surface area contributed by atoms with Crippen LogP contribution in [0.15, 0.2) is 23.8 Å². The third-order valence-electron chi connectivity index (χ3n) is 1.78. The summed E-state index contributed by atoms with van der Waals surface area (Å²) in [4.78, 5) is 0. The van der Waals surface area contributed by atoms with Crippen LogP contribution >= 0.6 is 0 Å². The third kappa shape index (κ3) is 3.38. The zero-order valence-electron chi connectivity index (χ0n) is 7.18. The van der Waals surface area contributed by atoms with Crippen LogP contribution in [0.2, 0.25) is 0 Å². The fourth-order valence-electron chi connectivity index (χ4n) is 1.05. The Morgan fingerprint density at radius 3 is 3.09 bits per heavy atom. The SMILES string of the molecule is CCCCOCC1=CC=CC1. The van der Waals surface area contributed by atoms with Gasteiger partial charge in [0.15, 0.2) is 0 Å². The predicted molar refractivity (Wildman–Crippen MR) is 47.6 cm³/mol. The molecule has 0 unspecified atom stereocenters. The molecule has 0 amide bonds. The van der Waals surface area contributed by atoms with Gasteiger partial charge in [0.1, 0.15) is 0 Å². The Morgan fingerprint density at radius 1 is 1.55 bits per heavy atom. The Morgan fingerprint density at radius 2 is 2.45 bits per heavy atom. The number of unbranched alkanes of at least 4 members (excludes halogenated alkanes) is 1. The summed E-state index contributed by atoms with van der Waals surface area (Å²) in [5, 5.41) is 0. The molecule has 62 valence electrons. The molecule has 1 rings (SSSR count). The smallest absolute Gasteiger partial charge is 0.0682 e. The van der Waals surface area contributed by atoms with Gasteiger partial charge in [-0.05, 0) is 18.4 Å². The van der Waals surface area contributed by atoms with E-state index in [-0.39, 0.29) is 0 Å². The summed E-state index contributed by atoms with van der Waals surface area (Å²) >= 11 is 0. The van der Waals surface area contributed by atoms with Crippen LogP contribution in [-0.2, 0) is 4.74 Å². The van der Waals surface area contributed by atoms with Crippen molar-refractivity contribution in [1.82, 2.24) is 0 Å². The van der Waals surface area contributed by atoms with E-state index in [1.165, 1.54) is 18.4 Å². The standard InChI is InChI=1S/C10H16O/c1-2-3-8-11-9-10-6-4-5-7-10/h4-6H,2-3,7-9H2,1H3. The van der Waals surface area contributed by atoms with E-state index in [0.717, 1.165) is 19.6 Å². The summed E-state index contributed by atoms with van der Waals surface area (Å²) in [6.45, 7) is 3.92. The van der Waals surface area contributed by atoms with Crippen LogP contribution in [0.1, 0.15) is 26.2 Å². The first-order chi connectivity index (χ1) is 5.43. The summed E-state index contributed by atoms with van der Waals surface area (Å²) in [5.41, 5.74) is 1.40. The van der Waals surface area contributed by atoms with Crippen molar-refractivity contribution in [3.63, 3.8) is 0 Å². The molecule has 0 radical (unpaired) electrons. The maximum Gasteiger partial charge on any atom is 0.0682 e. The summed E-state index contributed by atoms with van der Waals surface area (Å²) in [5.74, 6) is 0. The van der Waals surface area contributed by atoms with Crippen molar-refractivity contribution < 1.29 is 4.74 Å². The van der Waals surface area contributed by atoms with Gasteiger partial charge in [0.25, 0.3) is 0 Å². The van der Waals surface area contributed by atoms with E-state index < -0.39 is 0 Å². The van der Waals surface area contributed by atoms with Gasteiger partial charge in [-0.2, -0.15) is 0 Å². The zero-order chi connectivity index (χ0) is 7.94. The quantitative estimate of drug-likeness (QED) is 0.550. The minimum Gasteiger partial charge on any atom is -0.377 e. The minimum absolute atomic E-state index is 0.826. The summed E-state index contributed by atoms with van der Waals surface area (Å²) in [6.07, 6.45) is 9.90. The predicted octanol–water partition coefficient (Wildman–Crippen LogP) is 2.69. The molecule has 1 aliphatic carbocycles. The second kappa shape index (κ2) is 5.14. The van der Waals surface area contributed by atoms with E-state index in [1.54, 1.807) is 0 Å². The van der Waals surface area contributed by atoms with Gasteiger partial charge in [-0.1, -0.05) is 31.6 Å². The molecule has 0 atom stereocenters. The van der Waals surface area contributed by atoms with Gasteiger partial charge < -0.3 is 4.74 Å². The number of hydrogen-bond acceptors (Lipinski definition) is 1. The van der Waals surface area contributed by atoms with Crippen LogP contribution in [0, 0.1) is 0 Å². The average Bonchev–Trinajstić information content (AvgIpc) is 2.50. The van der Waals surface area contributed by atoms with Crippen LogP contribution in [0.4, 0.5) is 0 Å². The van der Waals surface area contributed by atoms with Gasteiger partial charge >= 0.3 is 0 Å². The van der Waals surface area contributed by atoms with Crippen molar-refractivity contribution in [1.29, 1.82) is 0 Å². The van der Waals surface area contributed by atoms with Crippen LogP contribution in [0.25, 0.3) is 0 Å². The van der Waals surface area contributed by atoms with Crippen molar-refractivity contribution >= 4 is 0 Å². The summed E-state index contributed by atoms with van der Waals surface area (Å²) in [7, 11) is 0. The largest absolute Gasteiger partial charge is 0.377 e. The zero-order valence-corrected chi connectivity index (χ0v) is 7.18. The molecule has 0 bridgehead atoms. The highest BCUT2D eigenvalue weighted by Gasteiger charge is 1.97. The Labute approximate surface area is 68.8 Å². The molecule has 0 aliphatic heterocycles. The van der Waals surface area contributed by atoms with Crippen LogP contribution < -0.4 is 0 Å². The van der Waals surface area contributed by atoms with E-state index in [9.17, 15) is 0 Å². The maximum atomic E-state index is 5.45. The molecule has 0 heterocycles. The highest BCUT2D eigenvalue weighted by molar-refractivity contribution is 5.23. The van der Waals surface area contributed by atoms with Crippen LogP contribution in [0.3, 0.4) is 0 Å². The van der Waals surface area contributed by atoms with E-state index in [4.69, 9.17) is 4.74 Å². The van der Waals surface area contributed by atoms with Crippen molar-refractivity contribution in [3.8, 4) is 0 Å².